The third-order valence-electron chi connectivity index (χ3n) is 5.31. The van der Waals surface area contributed by atoms with E-state index in [9.17, 15) is 4.79 Å². The van der Waals surface area contributed by atoms with Gasteiger partial charge < -0.3 is 9.47 Å². The van der Waals surface area contributed by atoms with E-state index in [1.54, 1.807) is 7.11 Å². The molecule has 0 heterocycles. The third-order valence-corrected chi connectivity index (χ3v) is 5.31. The lowest BCUT2D eigenvalue weighted by molar-refractivity contribution is 0.0388. The highest BCUT2D eigenvalue weighted by molar-refractivity contribution is 5.90. The van der Waals surface area contributed by atoms with Crippen LogP contribution in [-0.2, 0) is 9.47 Å². The largest absolute Gasteiger partial charge is 0.460 e. The van der Waals surface area contributed by atoms with Gasteiger partial charge in [0.15, 0.2) is 0 Å². The van der Waals surface area contributed by atoms with E-state index in [-0.39, 0.29) is 12.6 Å². The fourth-order valence-electron chi connectivity index (χ4n) is 3.95. The van der Waals surface area contributed by atoms with Crippen LogP contribution >= 0.6 is 0 Å². The van der Waals surface area contributed by atoms with E-state index < -0.39 is 0 Å². The third kappa shape index (κ3) is 3.00. The van der Waals surface area contributed by atoms with Crippen molar-refractivity contribution < 1.29 is 14.3 Å². The predicted molar refractivity (Wildman–Crippen MR) is 96.9 cm³/mol. The fourth-order valence-corrected chi connectivity index (χ4v) is 3.95. The van der Waals surface area contributed by atoms with Gasteiger partial charge in [0, 0.05) is 18.9 Å². The molecule has 2 aliphatic rings. The van der Waals surface area contributed by atoms with Crippen LogP contribution in [0, 0.1) is 5.92 Å². The van der Waals surface area contributed by atoms with E-state index in [2.05, 4.69) is 42.5 Å². The lowest BCUT2D eigenvalue weighted by Crippen LogP contribution is -2.27. The summed E-state index contributed by atoms with van der Waals surface area (Å²) < 4.78 is 10.2. The Kier molecular flexibility index (Phi) is 4.41. The molecule has 3 nitrogen and oxygen atoms in total. The number of esters is 1. The molecule has 25 heavy (non-hydrogen) atoms. The molecular weight excluding hydrogens is 312 g/mol. The van der Waals surface area contributed by atoms with Gasteiger partial charge in [-0.25, -0.2) is 4.79 Å². The first-order valence-electron chi connectivity index (χ1n) is 8.81. The molecule has 0 spiro atoms. The molecule has 0 aliphatic heterocycles. The molecule has 0 amide bonds. The van der Waals surface area contributed by atoms with Gasteiger partial charge in [-0.05, 0) is 41.2 Å². The molecule has 3 atom stereocenters. The number of carbonyl (C=O) groups excluding carboxylic acids is 1. The lowest BCUT2D eigenvalue weighted by Gasteiger charge is -2.40. The second-order valence-corrected chi connectivity index (χ2v) is 6.75. The molecule has 0 saturated carbocycles. The minimum Gasteiger partial charge on any atom is -0.460 e. The Morgan fingerprint density at radius 3 is 2.60 bits per heavy atom. The van der Waals surface area contributed by atoms with Gasteiger partial charge in [-0.1, -0.05) is 48.6 Å². The molecule has 4 rings (SSSR count). The van der Waals surface area contributed by atoms with Crippen LogP contribution in [0.15, 0.2) is 60.7 Å². The van der Waals surface area contributed by atoms with Gasteiger partial charge in [0.05, 0.1) is 12.2 Å². The van der Waals surface area contributed by atoms with Crippen molar-refractivity contribution in [2.75, 3.05) is 20.3 Å². The van der Waals surface area contributed by atoms with Gasteiger partial charge in [0.1, 0.15) is 6.61 Å². The van der Waals surface area contributed by atoms with Gasteiger partial charge >= 0.3 is 5.97 Å². The van der Waals surface area contributed by atoms with Gasteiger partial charge in [-0.15, -0.1) is 0 Å². The maximum Gasteiger partial charge on any atom is 0.338 e. The molecule has 3 heteroatoms. The van der Waals surface area contributed by atoms with Gasteiger partial charge in [0.2, 0.25) is 0 Å². The summed E-state index contributed by atoms with van der Waals surface area (Å²) in [7, 11) is 1.60. The first-order chi connectivity index (χ1) is 12.3. The molecular formula is C22H22O3. The molecule has 2 aromatic rings. The average molecular weight is 334 g/mol. The molecule has 3 unspecified atom stereocenters. The van der Waals surface area contributed by atoms with Crippen molar-refractivity contribution in [3.8, 4) is 0 Å². The molecule has 0 fully saturated rings. The van der Waals surface area contributed by atoms with Crippen molar-refractivity contribution in [2.45, 2.75) is 18.3 Å². The average Bonchev–Trinajstić information content (AvgIpc) is 2.62. The number of hydrogen-bond donors (Lipinski definition) is 0. The van der Waals surface area contributed by atoms with Crippen LogP contribution < -0.4 is 0 Å². The number of ether oxygens (including phenoxy) is 2. The predicted octanol–water partition coefficient (Wildman–Crippen LogP) is 4.30. The first kappa shape index (κ1) is 16.1. The van der Waals surface area contributed by atoms with Gasteiger partial charge in [0.25, 0.3) is 0 Å². The second-order valence-electron chi connectivity index (χ2n) is 6.75. The normalized spacial score (nSPS) is 23.3. The Balaban J connectivity index is 1.67. The van der Waals surface area contributed by atoms with E-state index in [0.29, 0.717) is 29.9 Å². The van der Waals surface area contributed by atoms with Crippen molar-refractivity contribution >= 4 is 5.97 Å². The minimum absolute atomic E-state index is 0.280. The summed E-state index contributed by atoms with van der Waals surface area (Å²) in [6, 6.07) is 16.6. The number of rotatable bonds is 5. The Morgan fingerprint density at radius 1 is 1.04 bits per heavy atom. The fraction of sp³-hybridized carbons (Fsp3) is 0.318. The Labute approximate surface area is 148 Å². The lowest BCUT2D eigenvalue weighted by atomic mass is 9.63. The Bertz CT molecular complexity index is 794. The van der Waals surface area contributed by atoms with E-state index in [4.69, 9.17) is 9.47 Å². The van der Waals surface area contributed by atoms with Crippen molar-refractivity contribution in [3.05, 3.63) is 82.9 Å². The SMILES string of the molecule is COCCOC(=O)c1ccc2c(c1)C(c1ccccc1)CC1C=CC21. The molecule has 0 N–H and O–H groups in total. The molecule has 0 radical (unpaired) electrons. The van der Waals surface area contributed by atoms with E-state index in [1.165, 1.54) is 16.7 Å². The molecule has 0 bridgehead atoms. The zero-order valence-corrected chi connectivity index (χ0v) is 14.4. The summed E-state index contributed by atoms with van der Waals surface area (Å²) in [4.78, 5) is 12.3. The number of carbonyl (C=O) groups is 1. The summed E-state index contributed by atoms with van der Waals surface area (Å²) in [5.74, 6) is 1.15. The van der Waals surface area contributed by atoms with Crippen molar-refractivity contribution in [2.24, 2.45) is 5.92 Å². The van der Waals surface area contributed by atoms with Crippen molar-refractivity contribution in [1.29, 1.82) is 0 Å². The highest BCUT2D eigenvalue weighted by Gasteiger charge is 2.37. The van der Waals surface area contributed by atoms with Crippen LogP contribution in [0.3, 0.4) is 0 Å². The Morgan fingerprint density at radius 2 is 1.88 bits per heavy atom. The molecule has 2 aromatic carbocycles. The van der Waals surface area contributed by atoms with Crippen LogP contribution in [0.1, 0.15) is 45.3 Å². The van der Waals surface area contributed by atoms with Crippen LogP contribution in [0.4, 0.5) is 0 Å². The summed E-state index contributed by atoms with van der Waals surface area (Å²) in [5, 5.41) is 0. The van der Waals surface area contributed by atoms with E-state index in [1.807, 2.05) is 18.2 Å². The number of methoxy groups -OCH3 is 1. The monoisotopic (exact) mass is 334 g/mol. The smallest absolute Gasteiger partial charge is 0.338 e. The second kappa shape index (κ2) is 6.85. The summed E-state index contributed by atoms with van der Waals surface area (Å²) in [5.41, 5.74) is 4.55. The number of hydrogen-bond acceptors (Lipinski definition) is 3. The van der Waals surface area contributed by atoms with Crippen molar-refractivity contribution in [3.63, 3.8) is 0 Å². The van der Waals surface area contributed by atoms with E-state index >= 15 is 0 Å². The summed E-state index contributed by atoms with van der Waals surface area (Å²) >= 11 is 0. The van der Waals surface area contributed by atoms with Gasteiger partial charge in [-0.2, -0.15) is 0 Å². The minimum atomic E-state index is -0.280. The topological polar surface area (TPSA) is 35.5 Å². The molecule has 128 valence electrons. The number of benzene rings is 2. The molecule has 0 aromatic heterocycles. The zero-order chi connectivity index (χ0) is 17.2. The Hall–Kier alpha value is -2.39. The number of allylic oxidation sites excluding steroid dienone is 2. The van der Waals surface area contributed by atoms with Crippen LogP contribution in [-0.4, -0.2) is 26.3 Å². The molecule has 0 saturated heterocycles. The highest BCUT2D eigenvalue weighted by Crippen LogP contribution is 2.50. The zero-order valence-electron chi connectivity index (χ0n) is 14.4. The quantitative estimate of drug-likeness (QED) is 0.465. The van der Waals surface area contributed by atoms with E-state index in [0.717, 1.165) is 6.42 Å². The highest BCUT2D eigenvalue weighted by atomic mass is 16.6. The van der Waals surface area contributed by atoms with Crippen LogP contribution in [0.25, 0.3) is 0 Å². The standard InChI is InChI=1S/C22H22O3/c1-24-11-12-25-22(23)17-8-10-19-18-9-7-16(18)13-20(21(19)14-17)15-5-3-2-4-6-15/h2-10,14,16,18,20H,11-13H2,1H3. The van der Waals surface area contributed by atoms with Crippen LogP contribution in [0.2, 0.25) is 0 Å². The summed E-state index contributed by atoms with van der Waals surface area (Å²) in [6.45, 7) is 0.694. The van der Waals surface area contributed by atoms with Crippen molar-refractivity contribution in [1.82, 2.24) is 0 Å². The number of fused-ring (bicyclic) bond motifs is 3. The van der Waals surface area contributed by atoms with Crippen LogP contribution in [0.5, 0.6) is 0 Å². The maximum absolute atomic E-state index is 12.3. The molecule has 2 aliphatic carbocycles. The van der Waals surface area contributed by atoms with Gasteiger partial charge in [-0.3, -0.25) is 0 Å². The summed E-state index contributed by atoms with van der Waals surface area (Å²) in [6.07, 6.45) is 5.69. The maximum atomic E-state index is 12.3. The first-order valence-corrected chi connectivity index (χ1v) is 8.81.